The van der Waals surface area contributed by atoms with Crippen LogP contribution in [0.4, 0.5) is 0 Å². The molecule has 4 nitrogen and oxygen atoms in total. The van der Waals surface area contributed by atoms with Gasteiger partial charge in [0.1, 0.15) is 6.61 Å². The molecule has 0 aromatic rings. The molecule has 4 heteroatoms. The van der Waals surface area contributed by atoms with E-state index in [1.807, 2.05) is 0 Å². The van der Waals surface area contributed by atoms with Crippen molar-refractivity contribution in [3.05, 3.63) is 0 Å². The van der Waals surface area contributed by atoms with Crippen LogP contribution in [0.2, 0.25) is 0 Å². The number of hydrogen-bond acceptors (Lipinski definition) is 4. The standard InChI is InChI=1S/C11H20N2O2/c12-11-13-9(8-15-11)6-7-14-10-4-2-1-3-5-10/h9-10H,1-8H2,(H2,12,13). The maximum Gasteiger partial charge on any atom is 0.282 e. The molecule has 1 aliphatic heterocycles. The van der Waals surface area contributed by atoms with Crippen molar-refractivity contribution >= 4 is 6.02 Å². The third kappa shape index (κ3) is 3.38. The second kappa shape index (κ2) is 5.35. The van der Waals surface area contributed by atoms with Gasteiger partial charge in [0, 0.05) is 6.61 Å². The van der Waals surface area contributed by atoms with Gasteiger partial charge in [0.15, 0.2) is 0 Å². The minimum atomic E-state index is 0.216. The zero-order chi connectivity index (χ0) is 10.5. The molecule has 1 fully saturated rings. The highest BCUT2D eigenvalue weighted by Crippen LogP contribution is 2.20. The lowest BCUT2D eigenvalue weighted by atomic mass is 9.98. The summed E-state index contributed by atoms with van der Waals surface area (Å²) in [4.78, 5) is 4.16. The lowest BCUT2D eigenvalue weighted by Crippen LogP contribution is -2.19. The van der Waals surface area contributed by atoms with Gasteiger partial charge in [-0.1, -0.05) is 19.3 Å². The quantitative estimate of drug-likeness (QED) is 0.767. The Hall–Kier alpha value is -0.770. The summed E-state index contributed by atoms with van der Waals surface area (Å²) < 4.78 is 10.9. The molecule has 0 bridgehead atoms. The maximum atomic E-state index is 5.81. The molecule has 86 valence electrons. The van der Waals surface area contributed by atoms with Crippen LogP contribution in [0.5, 0.6) is 0 Å². The van der Waals surface area contributed by atoms with E-state index in [9.17, 15) is 0 Å². The number of rotatable bonds is 4. The molecule has 1 saturated carbocycles. The van der Waals surface area contributed by atoms with Crippen LogP contribution in [0.1, 0.15) is 38.5 Å². The van der Waals surface area contributed by atoms with Crippen LogP contribution in [0.25, 0.3) is 0 Å². The molecule has 0 aromatic heterocycles. The van der Waals surface area contributed by atoms with Crippen LogP contribution in [-0.2, 0) is 9.47 Å². The smallest absolute Gasteiger partial charge is 0.282 e. The average molecular weight is 212 g/mol. The molecule has 0 saturated heterocycles. The molecule has 1 aliphatic carbocycles. The van der Waals surface area contributed by atoms with E-state index in [0.717, 1.165) is 13.0 Å². The molecule has 2 rings (SSSR count). The Morgan fingerprint density at radius 2 is 2.13 bits per heavy atom. The number of ether oxygens (including phenoxy) is 2. The van der Waals surface area contributed by atoms with Crippen molar-refractivity contribution in [1.82, 2.24) is 0 Å². The maximum absolute atomic E-state index is 5.81. The van der Waals surface area contributed by atoms with Gasteiger partial charge in [0.05, 0.1) is 12.1 Å². The van der Waals surface area contributed by atoms with Crippen LogP contribution in [-0.4, -0.2) is 31.4 Å². The Morgan fingerprint density at radius 1 is 1.33 bits per heavy atom. The molecular weight excluding hydrogens is 192 g/mol. The average Bonchev–Trinajstić information content (AvgIpc) is 2.66. The van der Waals surface area contributed by atoms with Gasteiger partial charge in [-0.2, -0.15) is 0 Å². The van der Waals surface area contributed by atoms with Crippen LogP contribution in [0.3, 0.4) is 0 Å². The van der Waals surface area contributed by atoms with Crippen molar-refractivity contribution in [2.24, 2.45) is 10.7 Å². The SMILES string of the molecule is NC1=NC(CCOC2CCCCC2)CO1. The Morgan fingerprint density at radius 3 is 2.80 bits per heavy atom. The molecular formula is C11H20N2O2. The Balaban J connectivity index is 1.58. The van der Waals surface area contributed by atoms with E-state index >= 15 is 0 Å². The topological polar surface area (TPSA) is 56.8 Å². The first-order valence-corrected chi connectivity index (χ1v) is 5.92. The van der Waals surface area contributed by atoms with Gasteiger partial charge in [-0.25, -0.2) is 4.99 Å². The summed E-state index contributed by atoms with van der Waals surface area (Å²) in [6, 6.07) is 0.547. The van der Waals surface area contributed by atoms with E-state index in [-0.39, 0.29) is 6.04 Å². The van der Waals surface area contributed by atoms with Gasteiger partial charge < -0.3 is 15.2 Å². The molecule has 0 radical (unpaired) electrons. The highest BCUT2D eigenvalue weighted by atomic mass is 16.5. The molecule has 1 atom stereocenters. The number of hydrogen-bond donors (Lipinski definition) is 1. The fraction of sp³-hybridized carbons (Fsp3) is 0.909. The second-order valence-electron chi connectivity index (χ2n) is 4.35. The van der Waals surface area contributed by atoms with E-state index in [2.05, 4.69) is 4.99 Å². The fourth-order valence-electron chi connectivity index (χ4n) is 2.19. The zero-order valence-electron chi connectivity index (χ0n) is 9.15. The Labute approximate surface area is 90.8 Å². The minimum Gasteiger partial charge on any atom is -0.463 e. The van der Waals surface area contributed by atoms with Gasteiger partial charge in [-0.3, -0.25) is 0 Å². The molecule has 2 N–H and O–H groups in total. The first-order valence-electron chi connectivity index (χ1n) is 5.92. The summed E-state index contributed by atoms with van der Waals surface area (Å²) in [6.45, 7) is 1.41. The van der Waals surface area contributed by atoms with E-state index in [0.29, 0.717) is 18.7 Å². The normalized spacial score (nSPS) is 27.5. The first-order chi connectivity index (χ1) is 7.34. The van der Waals surface area contributed by atoms with Crippen molar-refractivity contribution in [2.45, 2.75) is 50.7 Å². The number of aliphatic imine (C=N–C) groups is 1. The molecule has 15 heavy (non-hydrogen) atoms. The van der Waals surface area contributed by atoms with E-state index in [1.54, 1.807) is 0 Å². The largest absolute Gasteiger partial charge is 0.463 e. The van der Waals surface area contributed by atoms with Crippen LogP contribution < -0.4 is 5.73 Å². The molecule has 0 spiro atoms. The van der Waals surface area contributed by atoms with Crippen LogP contribution in [0, 0.1) is 0 Å². The minimum absolute atomic E-state index is 0.216. The van der Waals surface area contributed by atoms with Gasteiger partial charge in [-0.15, -0.1) is 0 Å². The van der Waals surface area contributed by atoms with Crippen LogP contribution >= 0.6 is 0 Å². The summed E-state index contributed by atoms with van der Waals surface area (Å²) in [5.74, 6) is 0. The monoisotopic (exact) mass is 212 g/mol. The third-order valence-electron chi connectivity index (χ3n) is 3.09. The summed E-state index contributed by atoms with van der Waals surface area (Å²) >= 11 is 0. The summed E-state index contributed by atoms with van der Waals surface area (Å²) in [7, 11) is 0. The number of nitrogens with two attached hydrogens (primary N) is 1. The molecule has 0 amide bonds. The summed E-state index contributed by atoms with van der Waals surface area (Å²) in [5.41, 5.74) is 5.43. The molecule has 1 heterocycles. The molecule has 2 aliphatic rings. The fourth-order valence-corrected chi connectivity index (χ4v) is 2.19. The Bertz CT molecular complexity index is 225. The van der Waals surface area contributed by atoms with E-state index in [4.69, 9.17) is 15.2 Å². The first kappa shape index (κ1) is 10.7. The van der Waals surface area contributed by atoms with E-state index < -0.39 is 0 Å². The van der Waals surface area contributed by atoms with Gasteiger partial charge in [0.25, 0.3) is 6.02 Å². The zero-order valence-corrected chi connectivity index (χ0v) is 9.15. The van der Waals surface area contributed by atoms with Crippen LogP contribution in [0.15, 0.2) is 4.99 Å². The van der Waals surface area contributed by atoms with Crippen molar-refractivity contribution < 1.29 is 9.47 Å². The molecule has 0 aromatic carbocycles. The van der Waals surface area contributed by atoms with Crippen molar-refractivity contribution in [3.8, 4) is 0 Å². The summed E-state index contributed by atoms with van der Waals surface area (Å²) in [6.07, 6.45) is 7.89. The second-order valence-corrected chi connectivity index (χ2v) is 4.35. The van der Waals surface area contributed by atoms with Gasteiger partial charge in [-0.05, 0) is 19.3 Å². The van der Waals surface area contributed by atoms with Gasteiger partial charge >= 0.3 is 0 Å². The number of nitrogens with zero attached hydrogens (tertiary/aromatic N) is 1. The third-order valence-corrected chi connectivity index (χ3v) is 3.09. The highest BCUT2D eigenvalue weighted by Gasteiger charge is 2.18. The summed E-state index contributed by atoms with van der Waals surface area (Å²) in [5, 5.41) is 0. The van der Waals surface area contributed by atoms with Crippen molar-refractivity contribution in [1.29, 1.82) is 0 Å². The van der Waals surface area contributed by atoms with Gasteiger partial charge in [0.2, 0.25) is 0 Å². The van der Waals surface area contributed by atoms with Crippen molar-refractivity contribution in [2.75, 3.05) is 13.2 Å². The van der Waals surface area contributed by atoms with E-state index in [1.165, 1.54) is 32.1 Å². The van der Waals surface area contributed by atoms with Crippen molar-refractivity contribution in [3.63, 3.8) is 0 Å². The lowest BCUT2D eigenvalue weighted by molar-refractivity contribution is 0.0241. The lowest BCUT2D eigenvalue weighted by Gasteiger charge is -2.22. The molecule has 1 unspecified atom stereocenters. The highest BCUT2D eigenvalue weighted by molar-refractivity contribution is 5.72. The Kier molecular flexibility index (Phi) is 3.83. The number of amidine groups is 1. The predicted molar refractivity (Wildman–Crippen MR) is 58.8 cm³/mol. The predicted octanol–water partition coefficient (Wildman–Crippen LogP) is 1.44.